The maximum Gasteiger partial charge on any atom is 0.332 e. The molecular weight excluding hydrogens is 168 g/mol. The van der Waals surface area contributed by atoms with Crippen molar-refractivity contribution >= 4 is 5.97 Å². The summed E-state index contributed by atoms with van der Waals surface area (Å²) in [6, 6.07) is 9.51. The van der Waals surface area contributed by atoms with E-state index in [1.54, 1.807) is 0 Å². The third kappa shape index (κ3) is 3.25. The molecule has 1 aromatic carbocycles. The SMILES string of the molecule is O=C(O)C(O)CCc1ccccc1. The van der Waals surface area contributed by atoms with E-state index in [-0.39, 0.29) is 6.42 Å². The molecular formula is C10H12O3. The standard InChI is InChI=1S/C10H12O3/c11-9(10(12)13)7-6-8-4-2-1-3-5-8/h1-5,9,11H,6-7H2,(H,12,13). The van der Waals surface area contributed by atoms with Crippen molar-refractivity contribution in [2.45, 2.75) is 18.9 Å². The second-order valence-electron chi connectivity index (χ2n) is 2.88. The number of carboxylic acids is 1. The lowest BCUT2D eigenvalue weighted by Crippen LogP contribution is -2.19. The van der Waals surface area contributed by atoms with Crippen LogP contribution in [0.15, 0.2) is 30.3 Å². The molecule has 0 amide bonds. The summed E-state index contributed by atoms with van der Waals surface area (Å²) in [7, 11) is 0. The highest BCUT2D eigenvalue weighted by Gasteiger charge is 2.11. The molecule has 0 aliphatic carbocycles. The van der Waals surface area contributed by atoms with Crippen molar-refractivity contribution in [3.05, 3.63) is 35.9 Å². The van der Waals surface area contributed by atoms with Gasteiger partial charge in [0.05, 0.1) is 0 Å². The first kappa shape index (κ1) is 9.74. The molecule has 0 bridgehead atoms. The fourth-order valence-electron chi connectivity index (χ4n) is 1.07. The average Bonchev–Trinajstić information content (AvgIpc) is 2.15. The van der Waals surface area contributed by atoms with Crippen molar-refractivity contribution in [3.8, 4) is 0 Å². The van der Waals surface area contributed by atoms with Crippen molar-refractivity contribution in [3.63, 3.8) is 0 Å². The first-order chi connectivity index (χ1) is 6.20. The number of aliphatic hydroxyl groups excluding tert-OH is 1. The van der Waals surface area contributed by atoms with Crippen LogP contribution >= 0.6 is 0 Å². The van der Waals surface area contributed by atoms with Gasteiger partial charge < -0.3 is 10.2 Å². The first-order valence-electron chi connectivity index (χ1n) is 4.15. The summed E-state index contributed by atoms with van der Waals surface area (Å²) in [6.07, 6.45) is -0.395. The van der Waals surface area contributed by atoms with Crippen LogP contribution in [0.25, 0.3) is 0 Å². The van der Waals surface area contributed by atoms with Gasteiger partial charge in [-0.05, 0) is 18.4 Å². The molecule has 13 heavy (non-hydrogen) atoms. The fourth-order valence-corrected chi connectivity index (χ4v) is 1.07. The molecule has 1 aromatic rings. The number of carbonyl (C=O) groups is 1. The molecule has 0 aliphatic heterocycles. The maximum absolute atomic E-state index is 10.3. The molecule has 0 aromatic heterocycles. The number of aliphatic hydroxyl groups is 1. The van der Waals surface area contributed by atoms with Crippen LogP contribution in [0.1, 0.15) is 12.0 Å². The minimum Gasteiger partial charge on any atom is -0.479 e. The highest BCUT2D eigenvalue weighted by atomic mass is 16.4. The zero-order valence-corrected chi connectivity index (χ0v) is 7.18. The Balaban J connectivity index is 2.39. The molecule has 3 heteroatoms. The Morgan fingerprint density at radius 1 is 1.31 bits per heavy atom. The molecule has 0 radical (unpaired) electrons. The molecule has 1 atom stereocenters. The maximum atomic E-state index is 10.3. The van der Waals surface area contributed by atoms with Crippen LogP contribution in [-0.4, -0.2) is 22.3 Å². The Hall–Kier alpha value is -1.35. The van der Waals surface area contributed by atoms with Crippen molar-refractivity contribution < 1.29 is 15.0 Å². The van der Waals surface area contributed by atoms with Gasteiger partial charge in [-0.15, -0.1) is 0 Å². The Morgan fingerprint density at radius 2 is 1.92 bits per heavy atom. The zero-order chi connectivity index (χ0) is 9.68. The lowest BCUT2D eigenvalue weighted by molar-refractivity contribution is -0.146. The van der Waals surface area contributed by atoms with Gasteiger partial charge in [-0.25, -0.2) is 4.79 Å². The van der Waals surface area contributed by atoms with Crippen molar-refractivity contribution in [2.24, 2.45) is 0 Å². The van der Waals surface area contributed by atoms with Crippen molar-refractivity contribution in [2.75, 3.05) is 0 Å². The second-order valence-corrected chi connectivity index (χ2v) is 2.88. The Kier molecular flexibility index (Phi) is 3.46. The zero-order valence-electron chi connectivity index (χ0n) is 7.18. The van der Waals surface area contributed by atoms with E-state index in [4.69, 9.17) is 10.2 Å². The molecule has 0 fully saturated rings. The molecule has 0 heterocycles. The van der Waals surface area contributed by atoms with Gasteiger partial charge in [0.25, 0.3) is 0 Å². The summed E-state index contributed by atoms with van der Waals surface area (Å²) in [4.78, 5) is 10.3. The van der Waals surface area contributed by atoms with E-state index in [2.05, 4.69) is 0 Å². The molecule has 0 saturated carbocycles. The second kappa shape index (κ2) is 4.62. The van der Waals surface area contributed by atoms with Gasteiger partial charge in [0, 0.05) is 0 Å². The average molecular weight is 180 g/mol. The first-order valence-corrected chi connectivity index (χ1v) is 4.15. The summed E-state index contributed by atoms with van der Waals surface area (Å²) in [5.41, 5.74) is 1.04. The fraction of sp³-hybridized carbons (Fsp3) is 0.300. The van der Waals surface area contributed by atoms with Crippen LogP contribution in [0, 0.1) is 0 Å². The van der Waals surface area contributed by atoms with E-state index < -0.39 is 12.1 Å². The topological polar surface area (TPSA) is 57.5 Å². The van der Waals surface area contributed by atoms with Crippen LogP contribution in [0.5, 0.6) is 0 Å². The summed E-state index contributed by atoms with van der Waals surface area (Å²) >= 11 is 0. The van der Waals surface area contributed by atoms with Gasteiger partial charge in [-0.3, -0.25) is 0 Å². The Bertz CT molecular complexity index is 269. The quantitative estimate of drug-likeness (QED) is 0.728. The molecule has 3 nitrogen and oxygen atoms in total. The number of benzene rings is 1. The monoisotopic (exact) mass is 180 g/mol. The van der Waals surface area contributed by atoms with E-state index >= 15 is 0 Å². The predicted octanol–water partition coefficient (Wildman–Crippen LogP) is 1.06. The van der Waals surface area contributed by atoms with Gasteiger partial charge in [-0.1, -0.05) is 30.3 Å². The van der Waals surface area contributed by atoms with Gasteiger partial charge in [0.2, 0.25) is 0 Å². The highest BCUT2D eigenvalue weighted by Crippen LogP contribution is 2.04. The number of carboxylic acid groups (broad SMARTS) is 1. The van der Waals surface area contributed by atoms with Crippen LogP contribution in [0.2, 0.25) is 0 Å². The van der Waals surface area contributed by atoms with Crippen molar-refractivity contribution in [1.29, 1.82) is 0 Å². The molecule has 1 unspecified atom stereocenters. The largest absolute Gasteiger partial charge is 0.479 e. The van der Waals surface area contributed by atoms with Crippen molar-refractivity contribution in [1.82, 2.24) is 0 Å². The smallest absolute Gasteiger partial charge is 0.332 e. The minimum atomic E-state index is -1.25. The molecule has 70 valence electrons. The summed E-state index contributed by atoms with van der Waals surface area (Å²) in [6.45, 7) is 0. The Labute approximate surface area is 76.6 Å². The Morgan fingerprint density at radius 3 is 2.46 bits per heavy atom. The number of rotatable bonds is 4. The number of hydrogen-bond donors (Lipinski definition) is 2. The van der Waals surface area contributed by atoms with Crippen LogP contribution in [0.4, 0.5) is 0 Å². The lowest BCUT2D eigenvalue weighted by atomic mass is 10.1. The summed E-state index contributed by atoms with van der Waals surface area (Å²) in [5.74, 6) is -1.16. The normalized spacial score (nSPS) is 12.4. The molecule has 0 saturated heterocycles. The molecule has 2 N–H and O–H groups in total. The number of aliphatic carboxylic acids is 1. The lowest BCUT2D eigenvalue weighted by Gasteiger charge is -2.04. The number of aryl methyl sites for hydroxylation is 1. The molecule has 0 spiro atoms. The van der Waals surface area contributed by atoms with Gasteiger partial charge >= 0.3 is 5.97 Å². The van der Waals surface area contributed by atoms with E-state index in [0.29, 0.717) is 6.42 Å². The molecule has 1 rings (SSSR count). The van der Waals surface area contributed by atoms with Gasteiger partial charge in [0.1, 0.15) is 0 Å². The third-order valence-electron chi connectivity index (χ3n) is 1.83. The minimum absolute atomic E-state index is 0.263. The van der Waals surface area contributed by atoms with E-state index in [0.717, 1.165) is 5.56 Å². The summed E-state index contributed by atoms with van der Waals surface area (Å²) < 4.78 is 0. The van der Waals surface area contributed by atoms with Gasteiger partial charge in [0.15, 0.2) is 6.10 Å². The van der Waals surface area contributed by atoms with Crippen LogP contribution < -0.4 is 0 Å². The van der Waals surface area contributed by atoms with Crippen LogP contribution in [0.3, 0.4) is 0 Å². The van der Waals surface area contributed by atoms with Crippen LogP contribution in [-0.2, 0) is 11.2 Å². The van der Waals surface area contributed by atoms with E-state index in [1.807, 2.05) is 30.3 Å². The molecule has 0 aliphatic rings. The van der Waals surface area contributed by atoms with Gasteiger partial charge in [-0.2, -0.15) is 0 Å². The highest BCUT2D eigenvalue weighted by molar-refractivity contribution is 5.71. The summed E-state index contributed by atoms with van der Waals surface area (Å²) in [5, 5.41) is 17.4. The van der Waals surface area contributed by atoms with E-state index in [1.165, 1.54) is 0 Å². The predicted molar refractivity (Wildman–Crippen MR) is 48.4 cm³/mol. The third-order valence-corrected chi connectivity index (χ3v) is 1.83. The number of hydrogen-bond acceptors (Lipinski definition) is 2. The van der Waals surface area contributed by atoms with E-state index in [9.17, 15) is 4.79 Å².